The van der Waals surface area contributed by atoms with Crippen LogP contribution in [0, 0.1) is 23.7 Å². The predicted molar refractivity (Wildman–Crippen MR) is 95.4 cm³/mol. The maximum atomic E-state index is 11.3. The van der Waals surface area contributed by atoms with Crippen molar-refractivity contribution in [2.75, 3.05) is 31.1 Å². The van der Waals surface area contributed by atoms with E-state index in [-0.39, 0.29) is 11.5 Å². The molecule has 3 fully saturated rings. The van der Waals surface area contributed by atoms with E-state index in [1.54, 1.807) is 0 Å². The monoisotopic (exact) mass is 337 g/mol. The van der Waals surface area contributed by atoms with Gasteiger partial charge in [0.2, 0.25) is 0 Å². The number of thioether (sulfide) groups is 1. The van der Waals surface area contributed by atoms with Crippen molar-refractivity contribution < 1.29 is 9.84 Å². The topological polar surface area (TPSA) is 32.7 Å². The summed E-state index contributed by atoms with van der Waals surface area (Å²) in [6, 6.07) is 0. The molecule has 1 unspecified atom stereocenters. The summed E-state index contributed by atoms with van der Waals surface area (Å²) in [7, 11) is 0. The van der Waals surface area contributed by atoms with E-state index >= 15 is 0 Å². The second kappa shape index (κ2) is 5.76. The summed E-state index contributed by atoms with van der Waals surface area (Å²) in [4.78, 5) is 2.58. The summed E-state index contributed by atoms with van der Waals surface area (Å²) < 4.78 is 6.46. The number of hydrogen-bond donors (Lipinski definition) is 1. The molecule has 130 valence electrons. The van der Waals surface area contributed by atoms with E-state index < -0.39 is 5.79 Å². The fourth-order valence-electron chi connectivity index (χ4n) is 5.56. The Balaban J connectivity index is 1.66. The first kappa shape index (κ1) is 16.4. The van der Waals surface area contributed by atoms with Crippen LogP contribution in [-0.2, 0) is 4.74 Å². The fraction of sp³-hybridized carbons (Fsp3) is 0.895. The van der Waals surface area contributed by atoms with Gasteiger partial charge in [-0.1, -0.05) is 20.8 Å². The third kappa shape index (κ3) is 2.52. The molecule has 0 aromatic carbocycles. The average Bonchev–Trinajstić information content (AvgIpc) is 2.96. The van der Waals surface area contributed by atoms with Gasteiger partial charge in [-0.2, -0.15) is 11.8 Å². The Morgan fingerprint density at radius 3 is 2.78 bits per heavy atom. The first-order valence-electron chi connectivity index (χ1n) is 9.39. The number of rotatable bonds is 3. The van der Waals surface area contributed by atoms with Crippen LogP contribution < -0.4 is 0 Å². The van der Waals surface area contributed by atoms with E-state index in [2.05, 4.69) is 43.5 Å². The van der Waals surface area contributed by atoms with Crippen LogP contribution in [0.2, 0.25) is 0 Å². The normalized spacial score (nSPS) is 47.0. The Bertz CT molecular complexity index is 502. The van der Waals surface area contributed by atoms with Gasteiger partial charge in [0.05, 0.1) is 5.60 Å². The quantitative estimate of drug-likeness (QED) is 0.802. The van der Waals surface area contributed by atoms with Crippen molar-refractivity contribution >= 4 is 11.8 Å². The van der Waals surface area contributed by atoms with Crippen LogP contribution in [0.25, 0.3) is 0 Å². The summed E-state index contributed by atoms with van der Waals surface area (Å²) >= 11 is 2.06. The smallest absolute Gasteiger partial charge is 0.189 e. The lowest BCUT2D eigenvalue weighted by atomic mass is 9.76. The van der Waals surface area contributed by atoms with Gasteiger partial charge in [0.25, 0.3) is 0 Å². The third-order valence-electron chi connectivity index (χ3n) is 6.89. The predicted octanol–water partition coefficient (Wildman–Crippen LogP) is 3.14. The van der Waals surface area contributed by atoms with Crippen LogP contribution in [0.1, 0.15) is 40.0 Å². The zero-order valence-corrected chi connectivity index (χ0v) is 15.6. The highest BCUT2D eigenvalue weighted by Crippen LogP contribution is 2.62. The highest BCUT2D eigenvalue weighted by Gasteiger charge is 2.65. The summed E-state index contributed by atoms with van der Waals surface area (Å²) in [6.07, 6.45) is 5.63. The summed E-state index contributed by atoms with van der Waals surface area (Å²) in [5.41, 5.74) is 1.37. The number of hydrogen-bond acceptors (Lipinski definition) is 4. The molecule has 2 saturated heterocycles. The second-order valence-corrected chi connectivity index (χ2v) is 9.73. The Labute approximate surface area is 144 Å². The van der Waals surface area contributed by atoms with E-state index in [9.17, 15) is 5.11 Å². The molecule has 0 aromatic heterocycles. The summed E-state index contributed by atoms with van der Waals surface area (Å²) in [5.74, 6) is 3.24. The molecule has 4 aliphatic rings. The lowest BCUT2D eigenvalue weighted by Crippen LogP contribution is -2.49. The van der Waals surface area contributed by atoms with Crippen molar-refractivity contribution in [3.8, 4) is 0 Å². The van der Waals surface area contributed by atoms with Crippen molar-refractivity contribution in [1.82, 2.24) is 4.90 Å². The highest BCUT2D eigenvalue weighted by molar-refractivity contribution is 7.99. The van der Waals surface area contributed by atoms with Crippen molar-refractivity contribution in [3.63, 3.8) is 0 Å². The van der Waals surface area contributed by atoms with Gasteiger partial charge in [0.1, 0.15) is 0 Å². The molecule has 3 heterocycles. The number of fused-ring (bicyclic) bond motifs is 1. The van der Waals surface area contributed by atoms with E-state index in [0.717, 1.165) is 13.0 Å². The second-order valence-electron chi connectivity index (χ2n) is 8.50. The molecule has 1 spiro atoms. The minimum atomic E-state index is -1.02. The zero-order chi connectivity index (χ0) is 16.2. The zero-order valence-electron chi connectivity index (χ0n) is 14.8. The first-order valence-corrected chi connectivity index (χ1v) is 10.5. The van der Waals surface area contributed by atoms with Gasteiger partial charge in [-0.3, -0.25) is 4.90 Å². The van der Waals surface area contributed by atoms with Gasteiger partial charge < -0.3 is 9.84 Å². The molecule has 4 rings (SSSR count). The molecule has 5 atom stereocenters. The minimum absolute atomic E-state index is 0.0989. The molecule has 0 aromatic rings. The van der Waals surface area contributed by atoms with Crippen molar-refractivity contribution in [2.45, 2.75) is 51.4 Å². The summed E-state index contributed by atoms with van der Waals surface area (Å²) in [6.45, 7) is 10.2. The third-order valence-corrected chi connectivity index (χ3v) is 7.83. The molecule has 1 aliphatic carbocycles. The van der Waals surface area contributed by atoms with Crippen molar-refractivity contribution in [2.24, 2.45) is 23.7 Å². The highest BCUT2D eigenvalue weighted by atomic mass is 32.2. The molecule has 1 saturated carbocycles. The fourth-order valence-corrected chi connectivity index (χ4v) is 6.54. The van der Waals surface area contributed by atoms with Crippen LogP contribution >= 0.6 is 11.8 Å². The Morgan fingerprint density at radius 2 is 2.09 bits per heavy atom. The van der Waals surface area contributed by atoms with E-state index in [0.29, 0.717) is 17.8 Å². The van der Waals surface area contributed by atoms with Gasteiger partial charge in [0, 0.05) is 43.0 Å². The summed E-state index contributed by atoms with van der Waals surface area (Å²) in [5, 5.41) is 11.3. The molecule has 2 bridgehead atoms. The molecule has 0 radical (unpaired) electrons. The average molecular weight is 338 g/mol. The van der Waals surface area contributed by atoms with Crippen LogP contribution in [0.5, 0.6) is 0 Å². The standard InChI is InChI=1S/C19H31NO2S/c1-13(2)17-11-18-14(3)4-5-16(18)15(10-19(17,21)22-18)12-20-6-8-23-9-7-20/h10,13-14,16-17,21H,4-9,11-12H2,1-3H3/t14-,16?,17-,18-,19-/m0/s1. The van der Waals surface area contributed by atoms with E-state index in [1.165, 1.54) is 43.0 Å². The van der Waals surface area contributed by atoms with Crippen molar-refractivity contribution in [3.05, 3.63) is 11.6 Å². The lowest BCUT2D eigenvalue weighted by Gasteiger charge is -2.43. The van der Waals surface area contributed by atoms with Crippen LogP contribution in [0.4, 0.5) is 0 Å². The number of ether oxygens (including phenoxy) is 1. The molecule has 1 N–H and O–H groups in total. The molecular formula is C19H31NO2S. The minimum Gasteiger partial charge on any atom is -0.362 e. The van der Waals surface area contributed by atoms with E-state index in [1.807, 2.05) is 0 Å². The molecule has 4 heteroatoms. The molecule has 3 nitrogen and oxygen atoms in total. The van der Waals surface area contributed by atoms with Gasteiger partial charge in [-0.15, -0.1) is 0 Å². The van der Waals surface area contributed by atoms with Crippen LogP contribution in [-0.4, -0.2) is 52.5 Å². The lowest BCUT2D eigenvalue weighted by molar-refractivity contribution is -0.233. The number of aliphatic hydroxyl groups is 1. The van der Waals surface area contributed by atoms with Gasteiger partial charge in [-0.05, 0) is 42.7 Å². The van der Waals surface area contributed by atoms with Crippen LogP contribution in [0.3, 0.4) is 0 Å². The Morgan fingerprint density at radius 1 is 1.35 bits per heavy atom. The maximum Gasteiger partial charge on any atom is 0.189 e. The van der Waals surface area contributed by atoms with Gasteiger partial charge >= 0.3 is 0 Å². The first-order chi connectivity index (χ1) is 10.9. The van der Waals surface area contributed by atoms with Gasteiger partial charge in [-0.25, -0.2) is 0 Å². The van der Waals surface area contributed by atoms with Crippen molar-refractivity contribution in [1.29, 1.82) is 0 Å². The largest absolute Gasteiger partial charge is 0.362 e. The number of nitrogens with zero attached hydrogens (tertiary/aromatic N) is 1. The molecule has 0 amide bonds. The molecule has 3 aliphatic heterocycles. The Hall–Kier alpha value is -0.0300. The van der Waals surface area contributed by atoms with Gasteiger partial charge in [0.15, 0.2) is 5.79 Å². The maximum absolute atomic E-state index is 11.3. The molecular weight excluding hydrogens is 306 g/mol. The van der Waals surface area contributed by atoms with E-state index in [4.69, 9.17) is 4.74 Å². The van der Waals surface area contributed by atoms with Crippen LogP contribution in [0.15, 0.2) is 11.6 Å². The molecule has 23 heavy (non-hydrogen) atoms. The Kier molecular flexibility index (Phi) is 4.11. The SMILES string of the molecule is CC(C)[C@@H]1C[C@@]23O[C@@]1(O)C=C(CN1CCSCC1)C2CC[C@@H]3C.